The number of piperidine rings is 1. The van der Waals surface area contributed by atoms with Crippen LogP contribution in [-0.4, -0.2) is 13.1 Å². The lowest BCUT2D eigenvalue weighted by atomic mass is 9.83. The fourth-order valence-corrected chi connectivity index (χ4v) is 2.53. The molecule has 1 aliphatic rings. The van der Waals surface area contributed by atoms with Crippen LogP contribution in [0.2, 0.25) is 0 Å². The summed E-state index contributed by atoms with van der Waals surface area (Å²) in [4.78, 5) is 0. The maximum absolute atomic E-state index is 5.61. The summed E-state index contributed by atoms with van der Waals surface area (Å²) in [5, 5.41) is 3.49. The molecule has 0 radical (unpaired) electrons. The molecule has 1 aromatic carbocycles. The van der Waals surface area contributed by atoms with Crippen LogP contribution < -0.4 is 11.1 Å². The normalized spacial score (nSPS) is 23.0. The van der Waals surface area contributed by atoms with Crippen LogP contribution in [0.15, 0.2) is 24.3 Å². The molecule has 2 unspecified atom stereocenters. The average molecular weight is 218 g/mol. The topological polar surface area (TPSA) is 38.0 Å². The SMILES string of the molecule is CC(c1ccc(CN)cc1)C1CCCNC1. The molecule has 0 spiro atoms. The first-order valence-corrected chi connectivity index (χ1v) is 6.31. The molecule has 0 saturated carbocycles. The van der Waals surface area contributed by atoms with Crippen molar-refractivity contribution < 1.29 is 0 Å². The minimum atomic E-state index is 0.639. The molecule has 1 aliphatic heterocycles. The lowest BCUT2D eigenvalue weighted by molar-refractivity contribution is 0.334. The molecule has 16 heavy (non-hydrogen) atoms. The highest BCUT2D eigenvalue weighted by Crippen LogP contribution is 2.28. The fourth-order valence-electron chi connectivity index (χ4n) is 2.53. The van der Waals surface area contributed by atoms with Gasteiger partial charge in [-0.25, -0.2) is 0 Å². The third-order valence-corrected chi connectivity index (χ3v) is 3.78. The van der Waals surface area contributed by atoms with Gasteiger partial charge in [0.1, 0.15) is 0 Å². The Hall–Kier alpha value is -0.860. The third kappa shape index (κ3) is 2.63. The van der Waals surface area contributed by atoms with Crippen LogP contribution in [-0.2, 0) is 6.54 Å². The van der Waals surface area contributed by atoms with Gasteiger partial charge in [0.25, 0.3) is 0 Å². The second-order valence-corrected chi connectivity index (χ2v) is 4.84. The van der Waals surface area contributed by atoms with Crippen LogP contribution in [0, 0.1) is 5.92 Å². The molecule has 0 aliphatic carbocycles. The van der Waals surface area contributed by atoms with Crippen LogP contribution in [0.4, 0.5) is 0 Å². The smallest absolute Gasteiger partial charge is 0.0178 e. The number of nitrogens with two attached hydrogens (primary N) is 1. The molecule has 2 heteroatoms. The van der Waals surface area contributed by atoms with E-state index in [4.69, 9.17) is 5.73 Å². The first-order valence-electron chi connectivity index (χ1n) is 6.31. The summed E-state index contributed by atoms with van der Waals surface area (Å²) < 4.78 is 0. The maximum Gasteiger partial charge on any atom is 0.0178 e. The molecule has 0 aromatic heterocycles. The highest BCUT2D eigenvalue weighted by Gasteiger charge is 2.20. The number of hydrogen-bond acceptors (Lipinski definition) is 2. The van der Waals surface area contributed by atoms with Gasteiger partial charge in [-0.2, -0.15) is 0 Å². The van der Waals surface area contributed by atoms with Crippen LogP contribution in [0.5, 0.6) is 0 Å². The van der Waals surface area contributed by atoms with E-state index in [0.717, 1.165) is 5.92 Å². The largest absolute Gasteiger partial charge is 0.326 e. The Kier molecular flexibility index (Phi) is 3.97. The Morgan fingerprint density at radius 3 is 2.69 bits per heavy atom. The Bertz CT molecular complexity index is 312. The molecule has 3 N–H and O–H groups in total. The van der Waals surface area contributed by atoms with Crippen molar-refractivity contribution in [3.05, 3.63) is 35.4 Å². The van der Waals surface area contributed by atoms with Crippen LogP contribution in [0.1, 0.15) is 36.8 Å². The van der Waals surface area contributed by atoms with Gasteiger partial charge in [0.05, 0.1) is 0 Å². The molecular formula is C14H22N2. The summed E-state index contributed by atoms with van der Waals surface area (Å²) in [6.45, 7) is 5.34. The van der Waals surface area contributed by atoms with E-state index in [0.29, 0.717) is 12.5 Å². The summed E-state index contributed by atoms with van der Waals surface area (Å²) in [5.74, 6) is 1.44. The number of rotatable bonds is 3. The predicted octanol–water partition coefficient (Wildman–Crippen LogP) is 2.25. The number of nitrogens with one attached hydrogen (secondary N) is 1. The lowest BCUT2D eigenvalue weighted by Gasteiger charge is -2.28. The Labute approximate surface area is 98.2 Å². The van der Waals surface area contributed by atoms with Gasteiger partial charge in [-0.1, -0.05) is 31.2 Å². The van der Waals surface area contributed by atoms with Gasteiger partial charge >= 0.3 is 0 Å². The van der Waals surface area contributed by atoms with E-state index in [2.05, 4.69) is 36.5 Å². The van der Waals surface area contributed by atoms with Crippen molar-refractivity contribution in [2.45, 2.75) is 32.2 Å². The van der Waals surface area contributed by atoms with Gasteiger partial charge in [0.2, 0.25) is 0 Å². The molecule has 0 amide bonds. The molecule has 1 fully saturated rings. The molecule has 1 aromatic rings. The highest BCUT2D eigenvalue weighted by molar-refractivity contribution is 5.25. The van der Waals surface area contributed by atoms with Gasteiger partial charge in [0.15, 0.2) is 0 Å². The van der Waals surface area contributed by atoms with Crippen molar-refractivity contribution >= 4 is 0 Å². The Morgan fingerprint density at radius 2 is 2.12 bits per heavy atom. The van der Waals surface area contributed by atoms with E-state index in [1.807, 2.05) is 0 Å². The third-order valence-electron chi connectivity index (χ3n) is 3.78. The molecule has 2 rings (SSSR count). The molecule has 2 nitrogen and oxygen atoms in total. The van der Waals surface area contributed by atoms with Crippen molar-refractivity contribution in [3.8, 4) is 0 Å². The first kappa shape index (κ1) is 11.6. The monoisotopic (exact) mass is 218 g/mol. The van der Waals surface area contributed by atoms with Gasteiger partial charge in [0, 0.05) is 6.54 Å². The molecule has 1 saturated heterocycles. The van der Waals surface area contributed by atoms with Crippen molar-refractivity contribution in [1.29, 1.82) is 0 Å². The van der Waals surface area contributed by atoms with Gasteiger partial charge in [-0.15, -0.1) is 0 Å². The maximum atomic E-state index is 5.61. The Balaban J connectivity index is 2.04. The standard InChI is InChI=1S/C14H22N2/c1-11(14-3-2-8-16-10-14)13-6-4-12(9-15)5-7-13/h4-7,11,14,16H,2-3,8-10,15H2,1H3. The highest BCUT2D eigenvalue weighted by atomic mass is 14.9. The van der Waals surface area contributed by atoms with Crippen molar-refractivity contribution in [2.24, 2.45) is 11.7 Å². The van der Waals surface area contributed by atoms with Gasteiger partial charge in [-0.3, -0.25) is 0 Å². The molecular weight excluding hydrogens is 196 g/mol. The molecule has 88 valence electrons. The molecule has 1 heterocycles. The van der Waals surface area contributed by atoms with E-state index >= 15 is 0 Å². The molecule has 0 bridgehead atoms. The van der Waals surface area contributed by atoms with Gasteiger partial charge in [-0.05, 0) is 48.9 Å². The van der Waals surface area contributed by atoms with E-state index < -0.39 is 0 Å². The molecule has 2 atom stereocenters. The van der Waals surface area contributed by atoms with Gasteiger partial charge < -0.3 is 11.1 Å². The predicted molar refractivity (Wildman–Crippen MR) is 68.3 cm³/mol. The Morgan fingerprint density at radius 1 is 1.38 bits per heavy atom. The second-order valence-electron chi connectivity index (χ2n) is 4.84. The van der Waals surface area contributed by atoms with E-state index in [-0.39, 0.29) is 0 Å². The summed E-state index contributed by atoms with van der Waals surface area (Å²) in [6, 6.07) is 8.78. The van der Waals surface area contributed by atoms with Crippen LogP contribution in [0.3, 0.4) is 0 Å². The second kappa shape index (κ2) is 5.46. The minimum absolute atomic E-state index is 0.639. The van der Waals surface area contributed by atoms with Crippen molar-refractivity contribution in [2.75, 3.05) is 13.1 Å². The van der Waals surface area contributed by atoms with Crippen molar-refractivity contribution in [3.63, 3.8) is 0 Å². The number of benzene rings is 1. The quantitative estimate of drug-likeness (QED) is 0.816. The zero-order chi connectivity index (χ0) is 11.4. The number of hydrogen-bond donors (Lipinski definition) is 2. The summed E-state index contributed by atoms with van der Waals surface area (Å²) in [6.07, 6.45) is 2.67. The summed E-state index contributed by atoms with van der Waals surface area (Å²) in [5.41, 5.74) is 8.28. The summed E-state index contributed by atoms with van der Waals surface area (Å²) in [7, 11) is 0. The fraction of sp³-hybridized carbons (Fsp3) is 0.571. The van der Waals surface area contributed by atoms with Crippen LogP contribution >= 0.6 is 0 Å². The van der Waals surface area contributed by atoms with Crippen molar-refractivity contribution in [1.82, 2.24) is 5.32 Å². The minimum Gasteiger partial charge on any atom is -0.326 e. The van der Waals surface area contributed by atoms with E-state index in [1.54, 1.807) is 0 Å². The van der Waals surface area contributed by atoms with Crippen LogP contribution in [0.25, 0.3) is 0 Å². The van der Waals surface area contributed by atoms with E-state index in [9.17, 15) is 0 Å². The van der Waals surface area contributed by atoms with E-state index in [1.165, 1.54) is 37.1 Å². The zero-order valence-electron chi connectivity index (χ0n) is 10.1. The average Bonchev–Trinajstić information content (AvgIpc) is 2.39. The first-order chi connectivity index (χ1) is 7.81. The lowest BCUT2D eigenvalue weighted by Crippen LogP contribution is -2.32. The zero-order valence-corrected chi connectivity index (χ0v) is 10.1. The summed E-state index contributed by atoms with van der Waals surface area (Å²) >= 11 is 0.